The van der Waals surface area contributed by atoms with E-state index >= 15 is 0 Å². The minimum Gasteiger partial charge on any atom is -0.493 e. The van der Waals surface area contributed by atoms with Gasteiger partial charge in [0.05, 0.1) is 26.7 Å². The van der Waals surface area contributed by atoms with Crippen molar-refractivity contribution in [3.63, 3.8) is 0 Å². The van der Waals surface area contributed by atoms with Gasteiger partial charge in [0.1, 0.15) is 5.60 Å². The maximum Gasteiger partial charge on any atom is 0.514 e. The lowest BCUT2D eigenvalue weighted by Crippen LogP contribution is -2.39. The van der Waals surface area contributed by atoms with Gasteiger partial charge in [0.2, 0.25) is 0 Å². The van der Waals surface area contributed by atoms with Crippen LogP contribution in [0.1, 0.15) is 64.0 Å². The molecule has 0 saturated heterocycles. The van der Waals surface area contributed by atoms with Crippen molar-refractivity contribution in [3.05, 3.63) is 59.7 Å². The fourth-order valence-corrected chi connectivity index (χ4v) is 4.62. The number of ether oxygens (including phenoxy) is 5. The minimum absolute atomic E-state index is 0.194. The van der Waals surface area contributed by atoms with Gasteiger partial charge in [-0.25, -0.2) is 4.79 Å². The second-order valence-corrected chi connectivity index (χ2v) is 10.6. The molecule has 8 nitrogen and oxygen atoms in total. The summed E-state index contributed by atoms with van der Waals surface area (Å²) in [6.07, 6.45) is 9.04. The zero-order chi connectivity index (χ0) is 29.3. The van der Waals surface area contributed by atoms with Crippen molar-refractivity contribution < 1.29 is 38.1 Å². The lowest BCUT2D eigenvalue weighted by Gasteiger charge is -2.32. The molecule has 2 aromatic rings. The highest BCUT2D eigenvalue weighted by Gasteiger charge is 2.43. The number of hydrogen-bond donors (Lipinski definition) is 0. The number of methoxy groups -OCH3 is 3. The normalized spacial score (nSPS) is 15.1. The quantitative estimate of drug-likeness (QED) is 0.137. The smallest absolute Gasteiger partial charge is 0.493 e. The van der Waals surface area contributed by atoms with E-state index < -0.39 is 17.2 Å². The third-order valence-corrected chi connectivity index (χ3v) is 6.68. The molecule has 0 bridgehead atoms. The minimum atomic E-state index is -1.11. The molecule has 0 heterocycles. The van der Waals surface area contributed by atoms with Crippen molar-refractivity contribution >= 4 is 29.9 Å². The summed E-state index contributed by atoms with van der Waals surface area (Å²) in [7, 11) is 4.57. The van der Waals surface area contributed by atoms with Crippen LogP contribution in [-0.2, 0) is 14.3 Å². The molecule has 0 unspecified atom stereocenters. The van der Waals surface area contributed by atoms with Crippen LogP contribution in [0, 0.1) is 5.41 Å². The van der Waals surface area contributed by atoms with E-state index in [1.54, 1.807) is 77.5 Å². The standard InChI is InChI=1S/C32H38O8/c1-31(2,3)40-30(35)39-25-15-11-23(21-27(25)38-6)13-17-29(34)32(18-8-7-9-19-32)28(33)16-12-22-10-14-24(36-4)26(20-22)37-5/h10-17,20-21H,7-9,18-19H2,1-6H3/b16-12+,17-13+. The van der Waals surface area contributed by atoms with Gasteiger partial charge in [-0.05, 0) is 81.2 Å². The highest BCUT2D eigenvalue weighted by atomic mass is 16.7. The summed E-state index contributed by atoms with van der Waals surface area (Å²) in [4.78, 5) is 39.1. The predicted octanol–water partition coefficient (Wildman–Crippen LogP) is 6.84. The fraction of sp³-hybridized carbons (Fsp3) is 0.406. The maximum atomic E-state index is 13.5. The Morgan fingerprint density at radius 2 is 1.18 bits per heavy atom. The van der Waals surface area contributed by atoms with Gasteiger partial charge < -0.3 is 23.7 Å². The Kier molecular flexibility index (Phi) is 10.2. The van der Waals surface area contributed by atoms with Crippen LogP contribution >= 0.6 is 0 Å². The largest absolute Gasteiger partial charge is 0.514 e. The number of carbonyl (C=O) groups excluding carboxylic acids is 3. The molecule has 0 radical (unpaired) electrons. The molecule has 1 fully saturated rings. The molecule has 1 aliphatic rings. The molecule has 3 rings (SSSR count). The highest BCUT2D eigenvalue weighted by molar-refractivity contribution is 6.17. The van der Waals surface area contributed by atoms with Crippen LogP contribution in [0.3, 0.4) is 0 Å². The van der Waals surface area contributed by atoms with Crippen LogP contribution in [0.4, 0.5) is 4.79 Å². The van der Waals surface area contributed by atoms with E-state index in [1.807, 2.05) is 6.07 Å². The summed E-state index contributed by atoms with van der Waals surface area (Å²) in [5.74, 6) is 1.20. The van der Waals surface area contributed by atoms with Crippen LogP contribution in [0.25, 0.3) is 12.2 Å². The summed E-state index contributed by atoms with van der Waals surface area (Å²) in [5, 5.41) is 0. The van der Waals surface area contributed by atoms with Crippen LogP contribution < -0.4 is 18.9 Å². The van der Waals surface area contributed by atoms with E-state index in [0.717, 1.165) is 24.8 Å². The van der Waals surface area contributed by atoms with E-state index in [9.17, 15) is 14.4 Å². The number of rotatable bonds is 10. The van der Waals surface area contributed by atoms with Gasteiger partial charge in [0, 0.05) is 0 Å². The van der Waals surface area contributed by atoms with Gasteiger partial charge in [-0.3, -0.25) is 9.59 Å². The Morgan fingerprint density at radius 1 is 0.700 bits per heavy atom. The van der Waals surface area contributed by atoms with E-state index in [0.29, 0.717) is 35.7 Å². The molecule has 214 valence electrons. The molecular weight excluding hydrogens is 512 g/mol. The zero-order valence-corrected chi connectivity index (χ0v) is 24.1. The molecule has 0 spiro atoms. The Bertz CT molecular complexity index is 1280. The van der Waals surface area contributed by atoms with Gasteiger partial charge in [-0.1, -0.05) is 43.5 Å². The molecule has 0 amide bonds. The molecule has 1 aliphatic carbocycles. The van der Waals surface area contributed by atoms with Gasteiger partial charge in [-0.15, -0.1) is 0 Å². The van der Waals surface area contributed by atoms with Gasteiger partial charge >= 0.3 is 6.16 Å². The Balaban J connectivity index is 1.79. The lowest BCUT2D eigenvalue weighted by atomic mass is 9.68. The van der Waals surface area contributed by atoms with Crippen LogP contribution in [0.2, 0.25) is 0 Å². The van der Waals surface area contributed by atoms with Crippen molar-refractivity contribution in [1.82, 2.24) is 0 Å². The first kappa shape index (κ1) is 30.5. The Morgan fingerprint density at radius 3 is 1.65 bits per heavy atom. The fourth-order valence-electron chi connectivity index (χ4n) is 4.62. The summed E-state index contributed by atoms with van der Waals surface area (Å²) in [6, 6.07) is 10.3. The van der Waals surface area contributed by atoms with Crippen molar-refractivity contribution in [2.24, 2.45) is 5.41 Å². The summed E-state index contributed by atoms with van der Waals surface area (Å²) in [6.45, 7) is 5.23. The zero-order valence-electron chi connectivity index (χ0n) is 24.1. The van der Waals surface area contributed by atoms with Gasteiger partial charge in [-0.2, -0.15) is 0 Å². The monoisotopic (exact) mass is 550 g/mol. The highest BCUT2D eigenvalue weighted by Crippen LogP contribution is 2.40. The third-order valence-electron chi connectivity index (χ3n) is 6.68. The lowest BCUT2D eigenvalue weighted by molar-refractivity contribution is -0.137. The first-order valence-electron chi connectivity index (χ1n) is 13.3. The van der Waals surface area contributed by atoms with E-state index in [-0.39, 0.29) is 17.3 Å². The molecular formula is C32H38O8. The summed E-state index contributed by atoms with van der Waals surface area (Å²) < 4.78 is 26.5. The van der Waals surface area contributed by atoms with Crippen molar-refractivity contribution in [1.29, 1.82) is 0 Å². The number of carbonyl (C=O) groups is 3. The second-order valence-electron chi connectivity index (χ2n) is 10.6. The Labute approximate surface area is 235 Å². The first-order chi connectivity index (χ1) is 19.0. The van der Waals surface area contributed by atoms with Crippen molar-refractivity contribution in [2.45, 2.75) is 58.5 Å². The molecule has 1 saturated carbocycles. The predicted molar refractivity (Wildman–Crippen MR) is 153 cm³/mol. The molecule has 8 heteroatoms. The van der Waals surface area contributed by atoms with Crippen molar-refractivity contribution in [2.75, 3.05) is 21.3 Å². The Hall–Kier alpha value is -4.07. The average Bonchev–Trinajstić information content (AvgIpc) is 2.94. The molecule has 2 aromatic carbocycles. The SMILES string of the molecule is COc1ccc(/C=C/C(=O)C2(C(=O)/C=C/c3ccc(OC(=O)OC(C)(C)C)c(OC)c3)CCCCC2)cc1OC. The number of hydrogen-bond acceptors (Lipinski definition) is 8. The van der Waals surface area contributed by atoms with E-state index in [2.05, 4.69) is 0 Å². The van der Waals surface area contributed by atoms with Gasteiger partial charge in [0.25, 0.3) is 0 Å². The molecule has 40 heavy (non-hydrogen) atoms. The van der Waals surface area contributed by atoms with E-state index in [4.69, 9.17) is 23.7 Å². The number of benzene rings is 2. The topological polar surface area (TPSA) is 97.4 Å². The molecule has 0 aliphatic heterocycles. The number of ketones is 2. The molecule has 0 aromatic heterocycles. The summed E-state index contributed by atoms with van der Waals surface area (Å²) >= 11 is 0. The average molecular weight is 551 g/mol. The summed E-state index contributed by atoms with van der Waals surface area (Å²) in [5.41, 5.74) is -0.385. The van der Waals surface area contributed by atoms with Crippen LogP contribution in [-0.4, -0.2) is 44.7 Å². The van der Waals surface area contributed by atoms with Crippen LogP contribution in [0.15, 0.2) is 48.6 Å². The second kappa shape index (κ2) is 13.3. The van der Waals surface area contributed by atoms with Crippen LogP contribution in [0.5, 0.6) is 23.0 Å². The van der Waals surface area contributed by atoms with Gasteiger partial charge in [0.15, 0.2) is 34.6 Å². The number of allylic oxidation sites excluding steroid dienone is 2. The van der Waals surface area contributed by atoms with E-state index in [1.165, 1.54) is 19.3 Å². The van der Waals surface area contributed by atoms with Crippen molar-refractivity contribution in [3.8, 4) is 23.0 Å². The third kappa shape index (κ3) is 7.74. The maximum absolute atomic E-state index is 13.5. The molecule has 0 atom stereocenters. The molecule has 0 N–H and O–H groups in total. The first-order valence-corrected chi connectivity index (χ1v) is 13.3.